The number of rotatable bonds is 8. The first-order valence-corrected chi connectivity index (χ1v) is 10.2. The molecule has 2 heterocycles. The Balaban J connectivity index is 1.47. The molecule has 1 aliphatic rings. The molecule has 154 valence electrons. The molecule has 6 heteroatoms. The zero-order chi connectivity index (χ0) is 20.6. The van der Waals surface area contributed by atoms with E-state index in [2.05, 4.69) is 10.3 Å². The second kappa shape index (κ2) is 10.0. The van der Waals surface area contributed by atoms with E-state index in [9.17, 15) is 9.59 Å². The van der Waals surface area contributed by atoms with Crippen molar-refractivity contribution in [3.05, 3.63) is 59.4 Å². The minimum Gasteiger partial charge on any atom is -0.497 e. The molecule has 0 saturated carbocycles. The quantitative estimate of drug-likeness (QED) is 0.746. The van der Waals surface area contributed by atoms with Crippen molar-refractivity contribution in [3.63, 3.8) is 0 Å². The predicted molar refractivity (Wildman–Crippen MR) is 112 cm³/mol. The van der Waals surface area contributed by atoms with Crippen LogP contribution in [0.3, 0.4) is 0 Å². The van der Waals surface area contributed by atoms with Crippen LogP contribution in [0.25, 0.3) is 0 Å². The molecular weight excluding hydrogens is 366 g/mol. The van der Waals surface area contributed by atoms with Crippen molar-refractivity contribution >= 4 is 11.8 Å². The standard InChI is InChI=1S/C23H29N3O3/c1-17-4-3-13-24-21(17)11-14-25-23(28)19-7-10-22(27)26(16-19)15-12-18-5-8-20(29-2)9-6-18/h3-6,8-9,13,19H,7,10-12,14-16H2,1-2H3,(H,25,28)/t19-/m0/s1. The number of hydrogen-bond donors (Lipinski definition) is 1. The number of amides is 2. The summed E-state index contributed by atoms with van der Waals surface area (Å²) in [5.41, 5.74) is 3.29. The molecule has 2 amide bonds. The van der Waals surface area contributed by atoms with Gasteiger partial charge in [0, 0.05) is 44.4 Å². The number of likely N-dealkylation sites (tertiary alicyclic amines) is 1. The Morgan fingerprint density at radius 2 is 2.03 bits per heavy atom. The number of aryl methyl sites for hydroxylation is 1. The monoisotopic (exact) mass is 395 g/mol. The van der Waals surface area contributed by atoms with E-state index < -0.39 is 0 Å². The summed E-state index contributed by atoms with van der Waals surface area (Å²) in [6.07, 6.45) is 4.30. The summed E-state index contributed by atoms with van der Waals surface area (Å²) in [5.74, 6) is 0.834. The van der Waals surface area contributed by atoms with Crippen LogP contribution in [0.1, 0.15) is 29.7 Å². The van der Waals surface area contributed by atoms with Crippen LogP contribution >= 0.6 is 0 Å². The molecule has 1 saturated heterocycles. The van der Waals surface area contributed by atoms with Crippen LogP contribution < -0.4 is 10.1 Å². The first-order valence-electron chi connectivity index (χ1n) is 10.2. The third kappa shape index (κ3) is 5.79. The minimum absolute atomic E-state index is 0.0283. The smallest absolute Gasteiger partial charge is 0.224 e. The summed E-state index contributed by atoms with van der Waals surface area (Å²) < 4.78 is 5.18. The van der Waals surface area contributed by atoms with E-state index in [1.807, 2.05) is 48.2 Å². The van der Waals surface area contributed by atoms with Gasteiger partial charge in [0.25, 0.3) is 0 Å². The Labute approximate surface area is 172 Å². The molecule has 1 N–H and O–H groups in total. The van der Waals surface area contributed by atoms with E-state index in [1.165, 1.54) is 0 Å². The number of benzene rings is 1. The first kappa shape index (κ1) is 20.8. The van der Waals surface area contributed by atoms with Crippen LogP contribution in [0.15, 0.2) is 42.6 Å². The fraction of sp³-hybridized carbons (Fsp3) is 0.435. The molecule has 0 aliphatic carbocycles. The number of hydrogen-bond acceptors (Lipinski definition) is 4. The second-order valence-electron chi connectivity index (χ2n) is 7.48. The van der Waals surface area contributed by atoms with Gasteiger partial charge in [-0.3, -0.25) is 14.6 Å². The fourth-order valence-electron chi connectivity index (χ4n) is 3.63. The van der Waals surface area contributed by atoms with Gasteiger partial charge in [0.05, 0.1) is 13.0 Å². The Morgan fingerprint density at radius 1 is 1.24 bits per heavy atom. The molecule has 3 rings (SSSR count). The topological polar surface area (TPSA) is 71.5 Å². The molecule has 1 atom stereocenters. The molecule has 1 aromatic carbocycles. The third-order valence-electron chi connectivity index (χ3n) is 5.48. The van der Waals surface area contributed by atoms with Crippen molar-refractivity contribution in [2.45, 2.75) is 32.6 Å². The summed E-state index contributed by atoms with van der Waals surface area (Å²) in [5, 5.41) is 3.02. The highest BCUT2D eigenvalue weighted by Gasteiger charge is 2.29. The average Bonchev–Trinajstić information content (AvgIpc) is 2.74. The Morgan fingerprint density at radius 3 is 2.76 bits per heavy atom. The maximum Gasteiger partial charge on any atom is 0.224 e. The molecule has 1 aromatic heterocycles. The van der Waals surface area contributed by atoms with Crippen molar-refractivity contribution < 1.29 is 14.3 Å². The number of nitrogens with one attached hydrogen (secondary N) is 1. The van der Waals surface area contributed by atoms with Gasteiger partial charge in [0.2, 0.25) is 11.8 Å². The second-order valence-corrected chi connectivity index (χ2v) is 7.48. The summed E-state index contributed by atoms with van der Waals surface area (Å²) >= 11 is 0. The van der Waals surface area contributed by atoms with Gasteiger partial charge in [-0.05, 0) is 49.1 Å². The molecule has 29 heavy (non-hydrogen) atoms. The van der Waals surface area contributed by atoms with Gasteiger partial charge in [-0.25, -0.2) is 0 Å². The van der Waals surface area contributed by atoms with Crippen molar-refractivity contribution in [2.75, 3.05) is 26.7 Å². The Hall–Kier alpha value is -2.89. The van der Waals surface area contributed by atoms with Crippen molar-refractivity contribution in [1.29, 1.82) is 0 Å². The first-order chi connectivity index (χ1) is 14.1. The lowest BCUT2D eigenvalue weighted by Gasteiger charge is -2.32. The number of nitrogens with zero attached hydrogens (tertiary/aromatic N) is 2. The molecule has 0 unspecified atom stereocenters. The number of aromatic nitrogens is 1. The van der Waals surface area contributed by atoms with Crippen LogP contribution in [0.2, 0.25) is 0 Å². The summed E-state index contributed by atoms with van der Waals surface area (Å²) in [6.45, 7) is 3.70. The van der Waals surface area contributed by atoms with Crippen molar-refractivity contribution in [3.8, 4) is 5.75 Å². The molecule has 1 aliphatic heterocycles. The van der Waals surface area contributed by atoms with E-state index in [0.717, 1.165) is 29.0 Å². The molecular formula is C23H29N3O3. The molecule has 2 aromatic rings. The third-order valence-corrected chi connectivity index (χ3v) is 5.48. The number of ether oxygens (including phenoxy) is 1. The van der Waals surface area contributed by atoms with Crippen LogP contribution in [-0.2, 0) is 22.4 Å². The molecule has 1 fully saturated rings. The van der Waals surface area contributed by atoms with Gasteiger partial charge >= 0.3 is 0 Å². The Kier molecular flexibility index (Phi) is 7.22. The van der Waals surface area contributed by atoms with Crippen LogP contribution in [-0.4, -0.2) is 48.4 Å². The molecule has 0 radical (unpaired) electrons. The lowest BCUT2D eigenvalue weighted by molar-refractivity contribution is -0.138. The average molecular weight is 396 g/mol. The highest BCUT2D eigenvalue weighted by atomic mass is 16.5. The minimum atomic E-state index is -0.145. The Bertz CT molecular complexity index is 836. The van der Waals surface area contributed by atoms with Crippen LogP contribution in [0, 0.1) is 12.8 Å². The highest BCUT2D eigenvalue weighted by molar-refractivity contribution is 5.83. The number of piperidine rings is 1. The molecule has 0 bridgehead atoms. The van der Waals surface area contributed by atoms with Crippen molar-refractivity contribution in [2.24, 2.45) is 5.92 Å². The van der Waals surface area contributed by atoms with Gasteiger partial charge in [-0.2, -0.15) is 0 Å². The number of carbonyl (C=O) groups is 2. The predicted octanol–water partition coefficient (Wildman–Crippen LogP) is 2.54. The van der Waals surface area contributed by atoms with Crippen molar-refractivity contribution in [1.82, 2.24) is 15.2 Å². The zero-order valence-electron chi connectivity index (χ0n) is 17.2. The van der Waals surface area contributed by atoms with Crippen LogP contribution in [0.5, 0.6) is 5.75 Å². The largest absolute Gasteiger partial charge is 0.497 e. The lowest BCUT2D eigenvalue weighted by Crippen LogP contribution is -2.46. The highest BCUT2D eigenvalue weighted by Crippen LogP contribution is 2.19. The normalized spacial score (nSPS) is 16.6. The van der Waals surface area contributed by atoms with Gasteiger partial charge in [0.15, 0.2) is 0 Å². The van der Waals surface area contributed by atoms with E-state index in [-0.39, 0.29) is 17.7 Å². The summed E-state index contributed by atoms with van der Waals surface area (Å²) in [7, 11) is 1.64. The summed E-state index contributed by atoms with van der Waals surface area (Å²) in [6, 6.07) is 11.8. The summed E-state index contributed by atoms with van der Waals surface area (Å²) in [4.78, 5) is 31.1. The van der Waals surface area contributed by atoms with E-state index in [4.69, 9.17) is 4.74 Å². The van der Waals surface area contributed by atoms with E-state index in [1.54, 1.807) is 13.3 Å². The van der Waals surface area contributed by atoms with Gasteiger partial charge in [-0.15, -0.1) is 0 Å². The fourth-order valence-corrected chi connectivity index (χ4v) is 3.63. The number of methoxy groups -OCH3 is 1. The SMILES string of the molecule is COc1ccc(CCN2C[C@@H](C(=O)NCCc3ncccc3C)CCC2=O)cc1. The number of pyridine rings is 1. The van der Waals surface area contributed by atoms with E-state index >= 15 is 0 Å². The molecule has 6 nitrogen and oxygen atoms in total. The van der Waals surface area contributed by atoms with Gasteiger partial charge in [0.1, 0.15) is 5.75 Å². The van der Waals surface area contributed by atoms with E-state index in [0.29, 0.717) is 38.9 Å². The zero-order valence-corrected chi connectivity index (χ0v) is 17.2. The van der Waals surface area contributed by atoms with Crippen LogP contribution in [0.4, 0.5) is 0 Å². The van der Waals surface area contributed by atoms with Gasteiger partial charge < -0.3 is 15.0 Å². The maximum absolute atomic E-state index is 12.6. The number of carbonyl (C=O) groups excluding carboxylic acids is 2. The lowest BCUT2D eigenvalue weighted by atomic mass is 9.96. The van der Waals surface area contributed by atoms with Gasteiger partial charge in [-0.1, -0.05) is 18.2 Å². The maximum atomic E-state index is 12.6. The molecule has 0 spiro atoms.